The Labute approximate surface area is 163 Å². The van der Waals surface area contributed by atoms with Gasteiger partial charge in [-0.05, 0) is 36.5 Å². The zero-order valence-corrected chi connectivity index (χ0v) is 15.8. The molecule has 162 valence electrons. The summed E-state index contributed by atoms with van der Waals surface area (Å²) in [5.41, 5.74) is -4.19. The van der Waals surface area contributed by atoms with Crippen LogP contribution >= 0.6 is 0 Å². The van der Waals surface area contributed by atoms with Crippen molar-refractivity contribution in [3.63, 3.8) is 0 Å². The summed E-state index contributed by atoms with van der Waals surface area (Å²) < 4.78 is 81.8. The van der Waals surface area contributed by atoms with Gasteiger partial charge in [0.15, 0.2) is 6.61 Å². The largest absolute Gasteiger partial charge is 0.452 e. The molecule has 2 rings (SSSR count). The number of carbonyl (C=O) groups excluding carboxylic acids is 2. The van der Waals surface area contributed by atoms with Gasteiger partial charge in [0.1, 0.15) is 0 Å². The lowest BCUT2D eigenvalue weighted by atomic mass is 9.78. The molecular weight excluding hydrogens is 404 g/mol. The van der Waals surface area contributed by atoms with Crippen LogP contribution in [0.2, 0.25) is 0 Å². The Kier molecular flexibility index (Phi) is 6.85. The molecule has 0 aromatic heterocycles. The molecule has 3 atom stereocenters. The zero-order chi connectivity index (χ0) is 22.0. The van der Waals surface area contributed by atoms with Gasteiger partial charge in [0.05, 0.1) is 16.7 Å². The summed E-state index contributed by atoms with van der Waals surface area (Å²) in [6.45, 7) is 3.23. The molecule has 29 heavy (non-hydrogen) atoms. The Morgan fingerprint density at radius 1 is 1.00 bits per heavy atom. The lowest BCUT2D eigenvalue weighted by molar-refractivity contribution is -0.143. The molecule has 1 N–H and O–H groups in total. The maximum absolute atomic E-state index is 12.9. The van der Waals surface area contributed by atoms with E-state index in [0.717, 1.165) is 19.3 Å². The number of nitrogens with one attached hydrogen (secondary N) is 1. The van der Waals surface area contributed by atoms with Crippen molar-refractivity contribution in [2.24, 2.45) is 11.8 Å². The molecule has 0 radical (unpaired) electrons. The van der Waals surface area contributed by atoms with Crippen LogP contribution in [0.1, 0.15) is 54.6 Å². The summed E-state index contributed by atoms with van der Waals surface area (Å²) in [6.07, 6.45) is -7.48. The number of carbonyl (C=O) groups is 2. The normalized spacial score (nSPS) is 22.8. The van der Waals surface area contributed by atoms with Gasteiger partial charge in [0.2, 0.25) is 0 Å². The summed E-state index contributed by atoms with van der Waals surface area (Å²) in [7, 11) is 0. The number of hydrogen-bond acceptors (Lipinski definition) is 3. The van der Waals surface area contributed by atoms with Crippen LogP contribution < -0.4 is 5.32 Å². The van der Waals surface area contributed by atoms with E-state index in [1.807, 2.05) is 6.92 Å². The fourth-order valence-electron chi connectivity index (χ4n) is 3.32. The second kappa shape index (κ2) is 8.62. The molecule has 3 unspecified atom stereocenters. The monoisotopic (exact) mass is 425 g/mol. The highest BCUT2D eigenvalue weighted by Crippen LogP contribution is 2.36. The van der Waals surface area contributed by atoms with Crippen molar-refractivity contribution in [1.82, 2.24) is 5.32 Å². The number of halogens is 6. The van der Waals surface area contributed by atoms with Gasteiger partial charge in [0, 0.05) is 6.04 Å². The Balaban J connectivity index is 2.07. The van der Waals surface area contributed by atoms with Crippen molar-refractivity contribution in [2.45, 2.75) is 51.5 Å². The Morgan fingerprint density at radius 3 is 2.07 bits per heavy atom. The number of esters is 1. The van der Waals surface area contributed by atoms with Gasteiger partial charge in [0.25, 0.3) is 5.91 Å². The highest BCUT2D eigenvalue weighted by Gasteiger charge is 2.37. The number of ether oxygens (including phenoxy) is 1. The molecule has 0 saturated heterocycles. The summed E-state index contributed by atoms with van der Waals surface area (Å²) >= 11 is 0. The predicted molar refractivity (Wildman–Crippen MR) is 90.8 cm³/mol. The maximum Gasteiger partial charge on any atom is 0.416 e. The highest BCUT2D eigenvalue weighted by molar-refractivity contribution is 5.91. The van der Waals surface area contributed by atoms with E-state index in [1.54, 1.807) is 0 Å². The molecule has 0 aliphatic heterocycles. The first-order valence-corrected chi connectivity index (χ1v) is 9.05. The minimum absolute atomic E-state index is 0.0882. The zero-order valence-electron chi connectivity index (χ0n) is 15.8. The van der Waals surface area contributed by atoms with Crippen LogP contribution in [0.5, 0.6) is 0 Å². The maximum atomic E-state index is 12.9. The van der Waals surface area contributed by atoms with E-state index in [4.69, 9.17) is 0 Å². The van der Waals surface area contributed by atoms with Gasteiger partial charge in [-0.15, -0.1) is 0 Å². The van der Waals surface area contributed by atoms with E-state index >= 15 is 0 Å². The molecule has 0 spiro atoms. The molecule has 1 aromatic rings. The third-order valence-corrected chi connectivity index (χ3v) is 5.21. The van der Waals surface area contributed by atoms with Crippen molar-refractivity contribution < 1.29 is 40.7 Å². The van der Waals surface area contributed by atoms with Gasteiger partial charge in [-0.3, -0.25) is 4.79 Å². The van der Waals surface area contributed by atoms with Crippen LogP contribution in [0.15, 0.2) is 18.2 Å². The van der Waals surface area contributed by atoms with Gasteiger partial charge in [-0.2, -0.15) is 26.3 Å². The number of alkyl halides is 6. The van der Waals surface area contributed by atoms with Crippen LogP contribution in [-0.4, -0.2) is 24.5 Å². The molecule has 1 aliphatic carbocycles. The molecule has 1 aliphatic rings. The Morgan fingerprint density at radius 2 is 1.55 bits per heavy atom. The van der Waals surface area contributed by atoms with E-state index in [0.29, 0.717) is 5.92 Å². The molecule has 1 fully saturated rings. The Hall–Kier alpha value is -2.26. The molecule has 1 amide bonds. The second-order valence-corrected chi connectivity index (χ2v) is 7.31. The number of benzene rings is 1. The summed E-state index contributed by atoms with van der Waals surface area (Å²) in [4.78, 5) is 24.0. The molecule has 10 heteroatoms. The minimum Gasteiger partial charge on any atom is -0.452 e. The van der Waals surface area contributed by atoms with Crippen LogP contribution in [0.25, 0.3) is 0 Å². The van der Waals surface area contributed by atoms with Crippen LogP contribution in [-0.2, 0) is 21.9 Å². The number of rotatable bonds is 4. The average molecular weight is 425 g/mol. The van der Waals surface area contributed by atoms with Gasteiger partial charge < -0.3 is 10.1 Å². The number of amides is 1. The standard InChI is InChI=1S/C19H21F6NO3/c1-10-4-3-5-15(11(10)2)26-16(27)9-29-17(28)12-6-13(18(20,21)22)8-14(7-12)19(23,24)25/h6-8,10-11,15H,3-5,9H2,1-2H3,(H,26,27). The van der Waals surface area contributed by atoms with Crippen molar-refractivity contribution in [3.05, 3.63) is 34.9 Å². The van der Waals surface area contributed by atoms with Crippen LogP contribution in [0, 0.1) is 11.8 Å². The lowest BCUT2D eigenvalue weighted by Gasteiger charge is -2.34. The quantitative estimate of drug-likeness (QED) is 0.556. The highest BCUT2D eigenvalue weighted by atomic mass is 19.4. The van der Waals surface area contributed by atoms with Crippen molar-refractivity contribution >= 4 is 11.9 Å². The average Bonchev–Trinajstić information content (AvgIpc) is 2.61. The van der Waals surface area contributed by atoms with Crippen molar-refractivity contribution in [2.75, 3.05) is 6.61 Å². The summed E-state index contributed by atoms with van der Waals surface area (Å²) in [5.74, 6) is -1.52. The third-order valence-electron chi connectivity index (χ3n) is 5.21. The molecule has 0 bridgehead atoms. The topological polar surface area (TPSA) is 55.4 Å². The SMILES string of the molecule is CC1CCCC(NC(=O)COC(=O)c2cc(C(F)(F)F)cc(C(F)(F)F)c2)C1C. The minimum atomic E-state index is -5.08. The first-order valence-electron chi connectivity index (χ1n) is 9.05. The van der Waals surface area contributed by atoms with Crippen molar-refractivity contribution in [1.29, 1.82) is 0 Å². The van der Waals surface area contributed by atoms with Crippen LogP contribution in [0.4, 0.5) is 26.3 Å². The molecule has 1 saturated carbocycles. The van der Waals surface area contributed by atoms with Crippen molar-refractivity contribution in [3.8, 4) is 0 Å². The fraction of sp³-hybridized carbons (Fsp3) is 0.579. The van der Waals surface area contributed by atoms with E-state index in [-0.39, 0.29) is 30.2 Å². The summed E-state index contributed by atoms with van der Waals surface area (Å²) in [5, 5.41) is 2.70. The van der Waals surface area contributed by atoms with Gasteiger partial charge in [-0.25, -0.2) is 4.79 Å². The first-order chi connectivity index (χ1) is 13.3. The van der Waals surface area contributed by atoms with E-state index in [1.165, 1.54) is 0 Å². The smallest absolute Gasteiger partial charge is 0.416 e. The number of hydrogen-bond donors (Lipinski definition) is 1. The third kappa shape index (κ3) is 6.11. The molecule has 0 heterocycles. The van der Waals surface area contributed by atoms with E-state index in [2.05, 4.69) is 17.0 Å². The molecule has 1 aromatic carbocycles. The van der Waals surface area contributed by atoms with E-state index < -0.39 is 47.5 Å². The molecule has 4 nitrogen and oxygen atoms in total. The van der Waals surface area contributed by atoms with E-state index in [9.17, 15) is 35.9 Å². The summed E-state index contributed by atoms with van der Waals surface area (Å²) in [6, 6.07) is 0.311. The molecular formula is C19H21F6NO3. The first kappa shape index (κ1) is 23.0. The fourth-order valence-corrected chi connectivity index (χ4v) is 3.32. The second-order valence-electron chi connectivity index (χ2n) is 7.31. The van der Waals surface area contributed by atoms with Gasteiger partial charge >= 0.3 is 18.3 Å². The van der Waals surface area contributed by atoms with Gasteiger partial charge in [-0.1, -0.05) is 26.7 Å². The lowest BCUT2D eigenvalue weighted by Crippen LogP contribution is -2.45. The van der Waals surface area contributed by atoms with Crippen LogP contribution in [0.3, 0.4) is 0 Å². The Bertz CT molecular complexity index is 727. The predicted octanol–water partition coefficient (Wildman–Crippen LogP) is 4.82.